The maximum Gasteiger partial charge on any atom is 0.270 e. The standard InChI is InChI=1S/C22H22N4O2/c1-28-20-9-5-4-8-18(20)24-17-12-19(26-21(23)13-17)22(27)25-16-10-14-6-2-3-7-15(14)11-16/h2-9,12-13,16H,10-11H2,1H3,(H,25,27)(H3,23,24,26). The van der Waals surface area contributed by atoms with E-state index in [0.717, 1.165) is 18.5 Å². The van der Waals surface area contributed by atoms with Crippen molar-refractivity contribution in [3.63, 3.8) is 0 Å². The van der Waals surface area contributed by atoms with Gasteiger partial charge in [-0.2, -0.15) is 0 Å². The quantitative estimate of drug-likeness (QED) is 0.638. The third-order valence-corrected chi connectivity index (χ3v) is 4.85. The Balaban J connectivity index is 1.50. The number of aromatic nitrogens is 1. The van der Waals surface area contributed by atoms with Gasteiger partial charge in [0.05, 0.1) is 12.8 Å². The van der Waals surface area contributed by atoms with Gasteiger partial charge in [-0.1, -0.05) is 36.4 Å². The van der Waals surface area contributed by atoms with Crippen molar-refractivity contribution >= 4 is 23.1 Å². The zero-order valence-electron chi connectivity index (χ0n) is 15.6. The molecular weight excluding hydrogens is 352 g/mol. The van der Waals surface area contributed by atoms with Crippen molar-refractivity contribution in [3.8, 4) is 5.75 Å². The summed E-state index contributed by atoms with van der Waals surface area (Å²) in [5.74, 6) is 0.751. The first-order valence-electron chi connectivity index (χ1n) is 9.17. The maximum absolute atomic E-state index is 12.8. The van der Waals surface area contributed by atoms with Crippen LogP contribution in [0.3, 0.4) is 0 Å². The number of nitrogens with one attached hydrogen (secondary N) is 2. The van der Waals surface area contributed by atoms with Crippen LogP contribution in [0.25, 0.3) is 0 Å². The zero-order valence-corrected chi connectivity index (χ0v) is 15.6. The molecule has 4 N–H and O–H groups in total. The zero-order chi connectivity index (χ0) is 19.5. The number of hydrogen-bond acceptors (Lipinski definition) is 5. The number of amides is 1. The van der Waals surface area contributed by atoms with Gasteiger partial charge < -0.3 is 21.1 Å². The molecule has 0 bridgehead atoms. The largest absolute Gasteiger partial charge is 0.495 e. The summed E-state index contributed by atoms with van der Waals surface area (Å²) in [6.07, 6.45) is 1.66. The second kappa shape index (κ2) is 7.60. The van der Waals surface area contributed by atoms with Crippen LogP contribution in [0.1, 0.15) is 21.6 Å². The van der Waals surface area contributed by atoms with Gasteiger partial charge in [0.2, 0.25) is 0 Å². The van der Waals surface area contributed by atoms with E-state index in [9.17, 15) is 4.79 Å². The number of pyridine rings is 1. The number of para-hydroxylation sites is 2. The molecule has 3 aromatic rings. The SMILES string of the molecule is COc1ccccc1Nc1cc(N)nc(C(=O)NC2Cc3ccccc3C2)c1. The summed E-state index contributed by atoms with van der Waals surface area (Å²) in [6.45, 7) is 0. The van der Waals surface area contributed by atoms with Gasteiger partial charge in [-0.3, -0.25) is 4.79 Å². The molecule has 0 saturated carbocycles. The second-order valence-corrected chi connectivity index (χ2v) is 6.84. The molecule has 0 fully saturated rings. The lowest BCUT2D eigenvalue weighted by molar-refractivity contribution is 0.0933. The summed E-state index contributed by atoms with van der Waals surface area (Å²) in [7, 11) is 1.61. The molecule has 0 unspecified atom stereocenters. The molecule has 1 aliphatic rings. The third kappa shape index (κ3) is 3.76. The minimum atomic E-state index is -0.229. The van der Waals surface area contributed by atoms with Gasteiger partial charge in [0.15, 0.2) is 0 Å². The van der Waals surface area contributed by atoms with Crippen LogP contribution in [-0.4, -0.2) is 24.0 Å². The number of fused-ring (bicyclic) bond motifs is 1. The normalized spacial score (nSPS) is 13.0. The Morgan fingerprint density at radius 3 is 2.46 bits per heavy atom. The van der Waals surface area contributed by atoms with Crippen LogP contribution < -0.4 is 21.1 Å². The molecule has 28 heavy (non-hydrogen) atoms. The van der Waals surface area contributed by atoms with Crippen LogP contribution in [0, 0.1) is 0 Å². The first-order valence-corrected chi connectivity index (χ1v) is 9.17. The number of nitrogens with zero attached hydrogens (tertiary/aromatic N) is 1. The highest BCUT2D eigenvalue weighted by Crippen LogP contribution is 2.28. The summed E-state index contributed by atoms with van der Waals surface area (Å²) in [6, 6.07) is 19.3. The fourth-order valence-corrected chi connectivity index (χ4v) is 3.56. The molecule has 2 aromatic carbocycles. The van der Waals surface area contributed by atoms with Gasteiger partial charge in [-0.25, -0.2) is 4.98 Å². The summed E-state index contributed by atoms with van der Waals surface area (Å²) in [5.41, 5.74) is 10.3. The van der Waals surface area contributed by atoms with E-state index in [4.69, 9.17) is 10.5 Å². The van der Waals surface area contributed by atoms with Gasteiger partial charge >= 0.3 is 0 Å². The molecule has 1 aromatic heterocycles. The number of benzene rings is 2. The average molecular weight is 374 g/mol. The highest BCUT2D eigenvalue weighted by atomic mass is 16.5. The van der Waals surface area contributed by atoms with E-state index in [1.807, 2.05) is 36.4 Å². The molecule has 0 aliphatic heterocycles. The number of rotatable bonds is 5. The van der Waals surface area contributed by atoms with E-state index in [-0.39, 0.29) is 23.5 Å². The number of nitrogens with two attached hydrogens (primary N) is 1. The van der Waals surface area contributed by atoms with Gasteiger partial charge in [-0.05, 0) is 42.2 Å². The average Bonchev–Trinajstić information content (AvgIpc) is 3.10. The van der Waals surface area contributed by atoms with E-state index in [1.54, 1.807) is 19.2 Å². The lowest BCUT2D eigenvalue weighted by atomic mass is 10.1. The third-order valence-electron chi connectivity index (χ3n) is 4.85. The second-order valence-electron chi connectivity index (χ2n) is 6.84. The Bertz CT molecular complexity index is 994. The van der Waals surface area contributed by atoms with E-state index in [0.29, 0.717) is 11.4 Å². The summed E-state index contributed by atoms with van der Waals surface area (Å²) in [5, 5.41) is 6.32. The molecule has 6 nitrogen and oxygen atoms in total. The monoisotopic (exact) mass is 374 g/mol. The van der Waals surface area contributed by atoms with E-state index >= 15 is 0 Å². The number of carbonyl (C=O) groups excluding carboxylic acids is 1. The smallest absolute Gasteiger partial charge is 0.270 e. The predicted octanol–water partition coefficient (Wildman–Crippen LogP) is 3.31. The Morgan fingerprint density at radius 2 is 1.75 bits per heavy atom. The topological polar surface area (TPSA) is 89.3 Å². The van der Waals surface area contributed by atoms with Crippen molar-refractivity contribution in [2.24, 2.45) is 0 Å². The Hall–Kier alpha value is -3.54. The maximum atomic E-state index is 12.8. The summed E-state index contributed by atoms with van der Waals surface area (Å²) in [4.78, 5) is 17.0. The fraction of sp³-hybridized carbons (Fsp3) is 0.182. The van der Waals surface area contributed by atoms with Crippen molar-refractivity contribution in [1.29, 1.82) is 0 Å². The van der Waals surface area contributed by atoms with Gasteiger partial charge in [0, 0.05) is 17.8 Å². The summed E-state index contributed by atoms with van der Waals surface area (Å²) >= 11 is 0. The predicted molar refractivity (Wildman–Crippen MR) is 110 cm³/mol. The first-order chi connectivity index (χ1) is 13.6. The molecule has 0 spiro atoms. The van der Waals surface area contributed by atoms with E-state index in [1.165, 1.54) is 11.1 Å². The van der Waals surface area contributed by atoms with Crippen molar-refractivity contribution in [1.82, 2.24) is 10.3 Å². The van der Waals surface area contributed by atoms with Crippen LogP contribution in [0.4, 0.5) is 17.2 Å². The van der Waals surface area contributed by atoms with Crippen LogP contribution in [0.15, 0.2) is 60.7 Å². The minimum absolute atomic E-state index is 0.0683. The highest BCUT2D eigenvalue weighted by Gasteiger charge is 2.23. The Kier molecular flexibility index (Phi) is 4.85. The van der Waals surface area contributed by atoms with Gasteiger partial charge in [0.1, 0.15) is 17.3 Å². The van der Waals surface area contributed by atoms with Crippen molar-refractivity contribution in [3.05, 3.63) is 77.5 Å². The number of methoxy groups -OCH3 is 1. The Morgan fingerprint density at radius 1 is 1.07 bits per heavy atom. The number of ether oxygens (including phenoxy) is 1. The molecule has 6 heteroatoms. The first kappa shape index (κ1) is 17.9. The summed E-state index contributed by atoms with van der Waals surface area (Å²) < 4.78 is 5.36. The Labute approximate surface area is 163 Å². The van der Waals surface area contributed by atoms with E-state index in [2.05, 4.69) is 27.8 Å². The van der Waals surface area contributed by atoms with Gasteiger partial charge in [-0.15, -0.1) is 0 Å². The van der Waals surface area contributed by atoms with Crippen LogP contribution >= 0.6 is 0 Å². The van der Waals surface area contributed by atoms with Crippen LogP contribution in [0.5, 0.6) is 5.75 Å². The van der Waals surface area contributed by atoms with E-state index < -0.39 is 0 Å². The number of nitrogen functional groups attached to an aromatic ring is 1. The van der Waals surface area contributed by atoms with Crippen LogP contribution in [0.2, 0.25) is 0 Å². The molecular formula is C22H22N4O2. The van der Waals surface area contributed by atoms with Gasteiger partial charge in [0.25, 0.3) is 5.91 Å². The lowest BCUT2D eigenvalue weighted by Gasteiger charge is -2.14. The number of carbonyl (C=O) groups is 1. The highest BCUT2D eigenvalue weighted by molar-refractivity contribution is 5.94. The lowest BCUT2D eigenvalue weighted by Crippen LogP contribution is -2.35. The molecule has 1 heterocycles. The minimum Gasteiger partial charge on any atom is -0.495 e. The molecule has 0 radical (unpaired) electrons. The molecule has 0 saturated heterocycles. The van der Waals surface area contributed by atoms with Crippen LogP contribution in [-0.2, 0) is 12.8 Å². The molecule has 0 atom stereocenters. The van der Waals surface area contributed by atoms with Crippen molar-refractivity contribution in [2.75, 3.05) is 18.2 Å². The number of anilines is 3. The van der Waals surface area contributed by atoms with Crippen molar-refractivity contribution in [2.45, 2.75) is 18.9 Å². The molecule has 4 rings (SSSR count). The molecule has 1 aliphatic carbocycles. The molecule has 1 amide bonds. The molecule has 142 valence electrons. The van der Waals surface area contributed by atoms with Crippen molar-refractivity contribution < 1.29 is 9.53 Å². The number of hydrogen-bond donors (Lipinski definition) is 3. The fourth-order valence-electron chi connectivity index (χ4n) is 3.56.